The molecule has 4 aliphatic heterocycles. The van der Waals surface area contributed by atoms with Crippen LogP contribution in [0, 0.1) is 17.8 Å². The maximum Gasteiger partial charge on any atom is 0.310 e. The van der Waals surface area contributed by atoms with Crippen molar-refractivity contribution in [3.63, 3.8) is 0 Å². The molecule has 2 aromatic carbocycles. The summed E-state index contributed by atoms with van der Waals surface area (Å²) in [6.07, 6.45) is 7.08. The van der Waals surface area contributed by atoms with Crippen molar-refractivity contribution in [2.75, 3.05) is 20.2 Å². The van der Waals surface area contributed by atoms with Crippen LogP contribution in [0.3, 0.4) is 0 Å². The summed E-state index contributed by atoms with van der Waals surface area (Å²) in [6.45, 7) is 2.13. The van der Waals surface area contributed by atoms with Crippen molar-refractivity contribution in [1.82, 2.24) is 4.90 Å². The largest absolute Gasteiger partial charge is 0.469 e. The van der Waals surface area contributed by atoms with Crippen molar-refractivity contribution in [3.05, 3.63) is 65.7 Å². The summed E-state index contributed by atoms with van der Waals surface area (Å²) in [5.74, 6) is 1.10. The molecule has 29 heavy (non-hydrogen) atoms. The Hall–Kier alpha value is -2.39. The van der Waals surface area contributed by atoms with Gasteiger partial charge in [-0.3, -0.25) is 9.69 Å². The number of carbonyl (C=O) groups is 1. The molecule has 0 spiro atoms. The predicted octanol–water partition coefficient (Wildman–Crippen LogP) is 5.03. The third kappa shape index (κ3) is 3.53. The van der Waals surface area contributed by atoms with E-state index in [1.165, 1.54) is 35.1 Å². The second-order valence-corrected chi connectivity index (χ2v) is 8.88. The minimum absolute atomic E-state index is 0.00941. The van der Waals surface area contributed by atoms with Crippen molar-refractivity contribution in [3.8, 4) is 11.1 Å². The van der Waals surface area contributed by atoms with Crippen LogP contribution in [0.1, 0.15) is 31.2 Å². The number of nitrogens with zero attached hydrogens (tertiary/aromatic N) is 1. The number of esters is 1. The lowest BCUT2D eigenvalue weighted by atomic mass is 9.66. The summed E-state index contributed by atoms with van der Waals surface area (Å²) >= 11 is 0. The number of ether oxygens (including phenoxy) is 1. The fraction of sp³-hybridized carbons (Fsp3) is 0.423. The summed E-state index contributed by atoms with van der Waals surface area (Å²) in [4.78, 5) is 15.3. The lowest BCUT2D eigenvalue weighted by Gasteiger charge is -2.52. The maximum absolute atomic E-state index is 12.7. The second-order valence-electron chi connectivity index (χ2n) is 8.88. The van der Waals surface area contributed by atoms with Gasteiger partial charge in [-0.1, -0.05) is 66.2 Å². The number of piperidine rings is 2. The van der Waals surface area contributed by atoms with E-state index in [4.69, 9.17) is 4.74 Å². The van der Waals surface area contributed by atoms with Crippen molar-refractivity contribution < 1.29 is 9.53 Å². The molecule has 5 fully saturated rings. The molecule has 5 aliphatic rings. The summed E-state index contributed by atoms with van der Waals surface area (Å²) in [5, 5.41) is 0. The van der Waals surface area contributed by atoms with Gasteiger partial charge in [0.1, 0.15) is 0 Å². The first-order valence-electron chi connectivity index (χ1n) is 10.9. The van der Waals surface area contributed by atoms with Crippen LogP contribution in [0.25, 0.3) is 17.2 Å². The first kappa shape index (κ1) is 18.6. The fourth-order valence-corrected chi connectivity index (χ4v) is 5.83. The zero-order valence-electron chi connectivity index (χ0n) is 17.1. The van der Waals surface area contributed by atoms with Gasteiger partial charge in [0, 0.05) is 19.1 Å². The van der Waals surface area contributed by atoms with Crippen molar-refractivity contribution >= 4 is 12.0 Å². The van der Waals surface area contributed by atoms with Gasteiger partial charge in [-0.15, -0.1) is 0 Å². The Kier molecular flexibility index (Phi) is 5.01. The van der Waals surface area contributed by atoms with Crippen LogP contribution in [-0.2, 0) is 9.53 Å². The normalized spacial score (nSPS) is 32.0. The number of hydrogen-bond donors (Lipinski definition) is 0. The molecule has 3 nitrogen and oxygen atoms in total. The minimum Gasteiger partial charge on any atom is -0.469 e. The van der Waals surface area contributed by atoms with E-state index in [-0.39, 0.29) is 11.9 Å². The average molecular weight is 388 g/mol. The Bertz CT molecular complexity index is 902. The van der Waals surface area contributed by atoms with Crippen LogP contribution in [0.4, 0.5) is 0 Å². The minimum atomic E-state index is -0.0182. The van der Waals surface area contributed by atoms with E-state index in [9.17, 15) is 4.79 Å². The molecule has 2 aromatic rings. The smallest absolute Gasteiger partial charge is 0.310 e. The molecule has 7 rings (SSSR count). The molecule has 0 radical (unpaired) electrons. The highest BCUT2D eigenvalue weighted by Crippen LogP contribution is 2.46. The summed E-state index contributed by atoms with van der Waals surface area (Å²) in [6, 6.07) is 19.7. The SMILES string of the molecule is COC(=O)C1C2CCC3CCC1N(C/C2=C\c1ccc(-c2ccccc2)cc1)C3. The predicted molar refractivity (Wildman–Crippen MR) is 116 cm³/mol. The number of fused-ring (bicyclic) bond motifs is 2. The van der Waals surface area contributed by atoms with Gasteiger partial charge in [-0.2, -0.15) is 0 Å². The van der Waals surface area contributed by atoms with Gasteiger partial charge in [-0.05, 0) is 54.2 Å². The van der Waals surface area contributed by atoms with Gasteiger partial charge in [-0.25, -0.2) is 0 Å². The molecular formula is C26H29NO2. The van der Waals surface area contributed by atoms with Crippen LogP contribution in [0.5, 0.6) is 0 Å². The average Bonchev–Trinajstić information content (AvgIpc) is 2.75. The van der Waals surface area contributed by atoms with E-state index >= 15 is 0 Å². The highest BCUT2D eigenvalue weighted by molar-refractivity contribution is 5.75. The Morgan fingerprint density at radius 2 is 1.69 bits per heavy atom. The van der Waals surface area contributed by atoms with E-state index in [1.807, 2.05) is 6.07 Å². The first-order chi connectivity index (χ1) is 14.2. The highest BCUT2D eigenvalue weighted by atomic mass is 16.5. The number of hydrogen-bond acceptors (Lipinski definition) is 3. The molecule has 1 aliphatic carbocycles. The van der Waals surface area contributed by atoms with E-state index in [2.05, 4.69) is 59.5 Å². The Balaban J connectivity index is 1.45. The van der Waals surface area contributed by atoms with E-state index in [0.29, 0.717) is 12.0 Å². The number of carbonyl (C=O) groups excluding carboxylic acids is 1. The van der Waals surface area contributed by atoms with Crippen molar-refractivity contribution in [1.29, 1.82) is 0 Å². The number of rotatable bonds is 3. The van der Waals surface area contributed by atoms with Crippen molar-refractivity contribution in [2.45, 2.75) is 31.7 Å². The Labute approximate surface area is 173 Å². The number of benzene rings is 2. The molecular weight excluding hydrogens is 358 g/mol. The zero-order chi connectivity index (χ0) is 19.8. The topological polar surface area (TPSA) is 29.5 Å². The van der Waals surface area contributed by atoms with Gasteiger partial charge in [0.2, 0.25) is 0 Å². The molecule has 0 amide bonds. The quantitative estimate of drug-likeness (QED) is 0.692. The van der Waals surface area contributed by atoms with Crippen LogP contribution in [0.15, 0.2) is 60.2 Å². The zero-order valence-corrected chi connectivity index (χ0v) is 17.1. The number of methoxy groups -OCH3 is 1. The molecule has 4 bridgehead atoms. The molecule has 4 heterocycles. The molecule has 1 saturated carbocycles. The third-order valence-corrected chi connectivity index (χ3v) is 7.27. The lowest BCUT2D eigenvalue weighted by Crippen LogP contribution is -2.58. The Morgan fingerprint density at radius 3 is 2.45 bits per heavy atom. The third-order valence-electron chi connectivity index (χ3n) is 7.27. The van der Waals surface area contributed by atoms with Gasteiger partial charge in [0.25, 0.3) is 0 Å². The van der Waals surface area contributed by atoms with E-state index in [1.54, 1.807) is 7.11 Å². The van der Waals surface area contributed by atoms with E-state index in [0.717, 1.165) is 31.8 Å². The molecule has 150 valence electrons. The first-order valence-corrected chi connectivity index (χ1v) is 10.9. The summed E-state index contributed by atoms with van der Waals surface area (Å²) < 4.78 is 5.26. The van der Waals surface area contributed by atoms with Gasteiger partial charge < -0.3 is 4.74 Å². The molecule has 5 atom stereocenters. The molecule has 5 unspecified atom stereocenters. The fourth-order valence-electron chi connectivity index (χ4n) is 5.83. The van der Waals surface area contributed by atoms with Gasteiger partial charge in [0.05, 0.1) is 13.0 Å². The van der Waals surface area contributed by atoms with Crippen LogP contribution in [0.2, 0.25) is 0 Å². The standard InChI is InChI=1S/C26H29NO2/c1-29-26(28)25-23-13-9-19-10-14-24(25)27(16-19)17-22(23)15-18-7-11-21(12-8-18)20-5-3-2-4-6-20/h2-8,11-12,15,19,23-25H,9-10,13-14,16-17H2,1H3/b22-15+. The van der Waals surface area contributed by atoms with Gasteiger partial charge in [0.15, 0.2) is 0 Å². The van der Waals surface area contributed by atoms with E-state index < -0.39 is 0 Å². The molecule has 0 aromatic heterocycles. The van der Waals surface area contributed by atoms with Crippen LogP contribution in [-0.4, -0.2) is 37.1 Å². The molecule has 3 heteroatoms. The molecule has 0 N–H and O–H groups in total. The summed E-state index contributed by atoms with van der Waals surface area (Å²) in [5.41, 5.74) is 5.11. The second kappa shape index (κ2) is 7.79. The lowest BCUT2D eigenvalue weighted by molar-refractivity contribution is -0.154. The van der Waals surface area contributed by atoms with Gasteiger partial charge >= 0.3 is 5.97 Å². The Morgan fingerprint density at radius 1 is 0.966 bits per heavy atom. The maximum atomic E-state index is 12.7. The van der Waals surface area contributed by atoms with Crippen LogP contribution < -0.4 is 0 Å². The van der Waals surface area contributed by atoms with Crippen molar-refractivity contribution in [2.24, 2.45) is 17.8 Å². The highest BCUT2D eigenvalue weighted by Gasteiger charge is 2.49. The monoisotopic (exact) mass is 387 g/mol. The summed E-state index contributed by atoms with van der Waals surface area (Å²) in [7, 11) is 1.54. The van der Waals surface area contributed by atoms with Crippen LogP contribution >= 0.6 is 0 Å². The molecule has 4 saturated heterocycles.